The fourth-order valence-corrected chi connectivity index (χ4v) is 4.09. The third-order valence-electron chi connectivity index (χ3n) is 5.31. The molecule has 22 heavy (non-hydrogen) atoms. The second-order valence-corrected chi connectivity index (χ2v) is 6.71. The molecule has 2 saturated heterocycles. The Balaban J connectivity index is 0.00000121. The molecule has 0 bridgehead atoms. The van der Waals surface area contributed by atoms with Crippen LogP contribution in [0.5, 0.6) is 0 Å². The van der Waals surface area contributed by atoms with Crippen molar-refractivity contribution in [3.05, 3.63) is 0 Å². The molecule has 0 spiro atoms. The van der Waals surface area contributed by atoms with Crippen LogP contribution in [-0.2, 0) is 4.79 Å². The zero-order valence-corrected chi connectivity index (χ0v) is 15.1. The Kier molecular flexibility index (Phi) is 9.07. The summed E-state index contributed by atoms with van der Waals surface area (Å²) in [6, 6.07) is 1.25. The monoisotopic (exact) mass is 351 g/mol. The van der Waals surface area contributed by atoms with E-state index in [-0.39, 0.29) is 24.8 Å². The van der Waals surface area contributed by atoms with Gasteiger partial charge in [-0.05, 0) is 38.6 Å². The molecule has 1 amide bonds. The fourth-order valence-electron chi connectivity index (χ4n) is 4.09. The van der Waals surface area contributed by atoms with E-state index in [2.05, 4.69) is 15.1 Å². The van der Waals surface area contributed by atoms with Gasteiger partial charge in [-0.15, -0.1) is 24.8 Å². The molecule has 3 rings (SSSR count). The van der Waals surface area contributed by atoms with Crippen LogP contribution in [-0.4, -0.2) is 60.5 Å². The number of nitrogens with one attached hydrogen (secondary N) is 1. The molecular formula is C16H31Cl2N3O. The van der Waals surface area contributed by atoms with E-state index in [0.717, 1.165) is 38.6 Å². The molecule has 0 aromatic heterocycles. The highest BCUT2D eigenvalue weighted by Gasteiger charge is 2.27. The van der Waals surface area contributed by atoms with E-state index in [9.17, 15) is 4.79 Å². The summed E-state index contributed by atoms with van der Waals surface area (Å²) < 4.78 is 0. The summed E-state index contributed by atoms with van der Waals surface area (Å²) in [7, 11) is 0. The van der Waals surface area contributed by atoms with Gasteiger partial charge in [-0.2, -0.15) is 0 Å². The number of hydrogen-bond donors (Lipinski definition) is 1. The first-order valence-electron chi connectivity index (χ1n) is 8.58. The van der Waals surface area contributed by atoms with Crippen LogP contribution >= 0.6 is 24.8 Å². The number of halogens is 2. The molecule has 2 aliphatic heterocycles. The third-order valence-corrected chi connectivity index (χ3v) is 5.31. The van der Waals surface area contributed by atoms with Gasteiger partial charge < -0.3 is 10.2 Å². The van der Waals surface area contributed by atoms with Gasteiger partial charge in [-0.3, -0.25) is 9.69 Å². The van der Waals surface area contributed by atoms with E-state index >= 15 is 0 Å². The molecule has 1 saturated carbocycles. The molecule has 3 fully saturated rings. The lowest BCUT2D eigenvalue weighted by atomic mass is 10.1. The van der Waals surface area contributed by atoms with Crippen LogP contribution in [0.15, 0.2) is 0 Å². The van der Waals surface area contributed by atoms with Crippen LogP contribution < -0.4 is 5.32 Å². The van der Waals surface area contributed by atoms with E-state index in [1.54, 1.807) is 0 Å². The van der Waals surface area contributed by atoms with Crippen molar-refractivity contribution < 1.29 is 4.79 Å². The van der Waals surface area contributed by atoms with Crippen molar-refractivity contribution in [3.8, 4) is 0 Å². The minimum Gasteiger partial charge on any atom is -0.341 e. The van der Waals surface area contributed by atoms with Crippen LogP contribution in [0.2, 0.25) is 0 Å². The second kappa shape index (κ2) is 9.96. The molecule has 0 aromatic rings. The van der Waals surface area contributed by atoms with Crippen molar-refractivity contribution >= 4 is 30.7 Å². The van der Waals surface area contributed by atoms with Gasteiger partial charge in [-0.1, -0.05) is 12.8 Å². The Morgan fingerprint density at radius 2 is 1.68 bits per heavy atom. The molecule has 6 heteroatoms. The molecule has 0 aromatic carbocycles. The molecule has 130 valence electrons. The molecule has 1 unspecified atom stereocenters. The first-order valence-corrected chi connectivity index (χ1v) is 8.58. The van der Waals surface area contributed by atoms with Crippen molar-refractivity contribution in [2.45, 2.75) is 63.5 Å². The summed E-state index contributed by atoms with van der Waals surface area (Å²) >= 11 is 0. The zero-order valence-electron chi connectivity index (χ0n) is 13.5. The zero-order chi connectivity index (χ0) is 13.8. The highest BCUT2D eigenvalue weighted by atomic mass is 35.5. The van der Waals surface area contributed by atoms with E-state index < -0.39 is 0 Å². The van der Waals surface area contributed by atoms with Gasteiger partial charge in [0.1, 0.15) is 0 Å². The summed E-state index contributed by atoms with van der Waals surface area (Å²) in [5.74, 6) is 0.373. The van der Waals surface area contributed by atoms with Gasteiger partial charge >= 0.3 is 0 Å². The van der Waals surface area contributed by atoms with Crippen molar-refractivity contribution in [2.75, 3.05) is 32.7 Å². The van der Waals surface area contributed by atoms with Gasteiger partial charge in [0, 0.05) is 44.7 Å². The summed E-state index contributed by atoms with van der Waals surface area (Å²) in [6.07, 6.45) is 9.82. The topological polar surface area (TPSA) is 35.6 Å². The molecule has 2 heterocycles. The Hall–Kier alpha value is -0.0300. The SMILES string of the molecule is Cl.Cl.O=C(CC1CCCN1)N1CCCN(C2CCCC2)CC1. The minimum atomic E-state index is 0. The van der Waals surface area contributed by atoms with E-state index in [0.29, 0.717) is 18.4 Å². The van der Waals surface area contributed by atoms with Crippen LogP contribution in [0.4, 0.5) is 0 Å². The predicted octanol–water partition coefficient (Wildman–Crippen LogP) is 2.45. The normalized spacial score (nSPS) is 27.1. The maximum absolute atomic E-state index is 12.4. The Morgan fingerprint density at radius 3 is 2.36 bits per heavy atom. The highest BCUT2D eigenvalue weighted by molar-refractivity contribution is 5.85. The maximum Gasteiger partial charge on any atom is 0.224 e. The summed E-state index contributed by atoms with van der Waals surface area (Å²) in [6.45, 7) is 5.29. The summed E-state index contributed by atoms with van der Waals surface area (Å²) in [4.78, 5) is 17.2. The quantitative estimate of drug-likeness (QED) is 0.848. The van der Waals surface area contributed by atoms with Crippen LogP contribution in [0.25, 0.3) is 0 Å². The molecule has 0 radical (unpaired) electrons. The Morgan fingerprint density at radius 1 is 0.909 bits per heavy atom. The Bertz CT molecular complexity index is 331. The number of rotatable bonds is 3. The molecular weight excluding hydrogens is 321 g/mol. The molecule has 4 nitrogen and oxygen atoms in total. The number of amides is 1. The van der Waals surface area contributed by atoms with Gasteiger partial charge in [0.15, 0.2) is 0 Å². The standard InChI is InChI=1S/C16H29N3O.2ClH/c20-16(13-14-5-3-8-17-14)19-10-4-9-18(11-12-19)15-6-1-2-7-15;;/h14-15,17H,1-13H2;2*1H. The lowest BCUT2D eigenvalue weighted by Gasteiger charge is -2.27. The third kappa shape index (κ3) is 5.26. The van der Waals surface area contributed by atoms with E-state index in [4.69, 9.17) is 0 Å². The lowest BCUT2D eigenvalue weighted by molar-refractivity contribution is -0.131. The van der Waals surface area contributed by atoms with Gasteiger partial charge in [0.2, 0.25) is 5.91 Å². The number of carbonyl (C=O) groups is 1. The van der Waals surface area contributed by atoms with Crippen molar-refractivity contribution in [2.24, 2.45) is 0 Å². The number of hydrogen-bond acceptors (Lipinski definition) is 3. The van der Waals surface area contributed by atoms with Gasteiger partial charge in [0.05, 0.1) is 0 Å². The Labute approximate surface area is 147 Å². The van der Waals surface area contributed by atoms with Gasteiger partial charge in [0.25, 0.3) is 0 Å². The predicted molar refractivity (Wildman–Crippen MR) is 95.2 cm³/mol. The fraction of sp³-hybridized carbons (Fsp3) is 0.938. The van der Waals surface area contributed by atoms with Crippen molar-refractivity contribution in [1.29, 1.82) is 0 Å². The van der Waals surface area contributed by atoms with E-state index in [1.807, 2.05) is 0 Å². The molecule has 1 aliphatic carbocycles. The van der Waals surface area contributed by atoms with E-state index in [1.165, 1.54) is 45.1 Å². The summed E-state index contributed by atoms with van der Waals surface area (Å²) in [5.41, 5.74) is 0. The molecule has 1 atom stereocenters. The smallest absolute Gasteiger partial charge is 0.224 e. The first kappa shape index (κ1) is 20.0. The van der Waals surface area contributed by atoms with Crippen molar-refractivity contribution in [3.63, 3.8) is 0 Å². The average molecular weight is 352 g/mol. The van der Waals surface area contributed by atoms with Gasteiger partial charge in [-0.25, -0.2) is 0 Å². The van der Waals surface area contributed by atoms with Crippen molar-refractivity contribution in [1.82, 2.24) is 15.1 Å². The maximum atomic E-state index is 12.4. The number of carbonyl (C=O) groups excluding carboxylic acids is 1. The molecule has 1 N–H and O–H groups in total. The highest BCUT2D eigenvalue weighted by Crippen LogP contribution is 2.24. The minimum absolute atomic E-state index is 0. The lowest BCUT2D eigenvalue weighted by Crippen LogP contribution is -2.40. The largest absolute Gasteiger partial charge is 0.341 e. The van der Waals surface area contributed by atoms with Crippen LogP contribution in [0.3, 0.4) is 0 Å². The van der Waals surface area contributed by atoms with Crippen LogP contribution in [0.1, 0.15) is 51.4 Å². The first-order chi connectivity index (χ1) is 9.83. The number of nitrogens with zero attached hydrogens (tertiary/aromatic N) is 2. The second-order valence-electron chi connectivity index (χ2n) is 6.71. The molecule has 3 aliphatic rings. The van der Waals surface area contributed by atoms with Crippen LogP contribution in [0, 0.1) is 0 Å². The average Bonchev–Trinajstić information content (AvgIpc) is 3.09. The summed E-state index contributed by atoms with van der Waals surface area (Å²) in [5, 5.41) is 3.44.